The smallest absolute Gasteiger partial charge is 0.0132 e. The van der Waals surface area contributed by atoms with Crippen molar-refractivity contribution in [2.45, 2.75) is 85.2 Å². The Morgan fingerprint density at radius 3 is 1.88 bits per heavy atom. The van der Waals surface area contributed by atoms with E-state index < -0.39 is 0 Å². The lowest BCUT2D eigenvalue weighted by Crippen LogP contribution is -2.49. The van der Waals surface area contributed by atoms with Crippen LogP contribution < -0.4 is 5.32 Å². The van der Waals surface area contributed by atoms with Gasteiger partial charge in [0.25, 0.3) is 0 Å². The van der Waals surface area contributed by atoms with Crippen LogP contribution in [0.5, 0.6) is 0 Å². The molecule has 1 rings (SSSR count). The van der Waals surface area contributed by atoms with Crippen LogP contribution >= 0.6 is 0 Å². The first-order valence-corrected chi connectivity index (χ1v) is 6.96. The summed E-state index contributed by atoms with van der Waals surface area (Å²) in [7, 11) is 0. The molecule has 0 atom stereocenters. The molecular weight excluding hydrogens is 194 g/mol. The minimum atomic E-state index is 0.281. The van der Waals surface area contributed by atoms with Gasteiger partial charge >= 0.3 is 0 Å². The van der Waals surface area contributed by atoms with E-state index in [1.807, 2.05) is 0 Å². The first-order valence-electron chi connectivity index (χ1n) is 6.96. The molecule has 1 aliphatic rings. The van der Waals surface area contributed by atoms with Crippen LogP contribution in [0.4, 0.5) is 0 Å². The molecule has 0 amide bonds. The van der Waals surface area contributed by atoms with E-state index >= 15 is 0 Å². The van der Waals surface area contributed by atoms with E-state index in [4.69, 9.17) is 0 Å². The molecule has 0 unspecified atom stereocenters. The standard InChI is InChI=1S/C15H31N/c1-12-7-9-13(10-8-12)16-15(5,6)11-14(2,3)4/h12-13,16H,7-11H2,1-6H3. The van der Waals surface area contributed by atoms with Crippen LogP contribution in [-0.4, -0.2) is 11.6 Å². The Kier molecular flexibility index (Phi) is 4.45. The predicted octanol–water partition coefficient (Wildman–Crippen LogP) is 4.37. The molecule has 1 saturated carbocycles. The van der Waals surface area contributed by atoms with Gasteiger partial charge in [-0.15, -0.1) is 0 Å². The minimum absolute atomic E-state index is 0.281. The average Bonchev–Trinajstić information content (AvgIpc) is 2.04. The van der Waals surface area contributed by atoms with Crippen molar-refractivity contribution in [3.63, 3.8) is 0 Å². The summed E-state index contributed by atoms with van der Waals surface area (Å²) >= 11 is 0. The number of rotatable bonds is 3. The van der Waals surface area contributed by atoms with E-state index in [0.717, 1.165) is 12.0 Å². The van der Waals surface area contributed by atoms with Crippen LogP contribution in [0.25, 0.3) is 0 Å². The Balaban J connectivity index is 2.40. The van der Waals surface area contributed by atoms with Crippen LogP contribution in [0.1, 0.15) is 73.6 Å². The quantitative estimate of drug-likeness (QED) is 0.752. The zero-order valence-corrected chi connectivity index (χ0v) is 12.2. The fraction of sp³-hybridized carbons (Fsp3) is 1.00. The molecule has 0 aromatic rings. The van der Waals surface area contributed by atoms with E-state index in [-0.39, 0.29) is 5.54 Å². The van der Waals surface area contributed by atoms with E-state index in [2.05, 4.69) is 46.9 Å². The van der Waals surface area contributed by atoms with Crippen LogP contribution in [0.2, 0.25) is 0 Å². The maximum absolute atomic E-state index is 3.87. The lowest BCUT2D eigenvalue weighted by Gasteiger charge is -2.39. The zero-order chi connectivity index (χ0) is 12.4. The molecule has 0 saturated heterocycles. The molecule has 1 nitrogen and oxygen atoms in total. The van der Waals surface area contributed by atoms with E-state index in [1.165, 1.54) is 32.1 Å². The third kappa shape index (κ3) is 5.34. The number of nitrogens with one attached hydrogen (secondary N) is 1. The molecule has 0 aromatic carbocycles. The Hall–Kier alpha value is -0.0400. The summed E-state index contributed by atoms with van der Waals surface area (Å²) in [6.07, 6.45) is 6.79. The molecule has 1 fully saturated rings. The van der Waals surface area contributed by atoms with Gasteiger partial charge in [-0.1, -0.05) is 27.7 Å². The fourth-order valence-corrected chi connectivity index (χ4v) is 3.33. The molecule has 1 aliphatic carbocycles. The molecule has 0 aromatic heterocycles. The first-order chi connectivity index (χ1) is 7.18. The largest absolute Gasteiger partial charge is 0.309 e. The highest BCUT2D eigenvalue weighted by Gasteiger charge is 2.29. The highest BCUT2D eigenvalue weighted by Crippen LogP contribution is 2.30. The summed E-state index contributed by atoms with van der Waals surface area (Å²) in [4.78, 5) is 0. The topological polar surface area (TPSA) is 12.0 Å². The van der Waals surface area contributed by atoms with Crippen molar-refractivity contribution in [3.8, 4) is 0 Å². The first kappa shape index (κ1) is 14.0. The van der Waals surface area contributed by atoms with Crippen molar-refractivity contribution in [2.24, 2.45) is 11.3 Å². The molecule has 0 aliphatic heterocycles. The van der Waals surface area contributed by atoms with Gasteiger partial charge in [0.15, 0.2) is 0 Å². The minimum Gasteiger partial charge on any atom is -0.309 e. The van der Waals surface area contributed by atoms with Crippen molar-refractivity contribution >= 4 is 0 Å². The van der Waals surface area contributed by atoms with Crippen molar-refractivity contribution < 1.29 is 0 Å². The Morgan fingerprint density at radius 1 is 0.938 bits per heavy atom. The van der Waals surface area contributed by atoms with Gasteiger partial charge in [0.1, 0.15) is 0 Å². The molecule has 96 valence electrons. The predicted molar refractivity (Wildman–Crippen MR) is 72.7 cm³/mol. The summed E-state index contributed by atoms with van der Waals surface area (Å²) in [5, 5.41) is 3.87. The zero-order valence-electron chi connectivity index (χ0n) is 12.2. The third-order valence-corrected chi connectivity index (χ3v) is 3.58. The summed E-state index contributed by atoms with van der Waals surface area (Å²) < 4.78 is 0. The third-order valence-electron chi connectivity index (χ3n) is 3.58. The molecule has 1 N–H and O–H groups in total. The van der Waals surface area contributed by atoms with Crippen molar-refractivity contribution in [1.29, 1.82) is 0 Å². The molecule has 16 heavy (non-hydrogen) atoms. The normalized spacial score (nSPS) is 28.1. The lowest BCUT2D eigenvalue weighted by molar-refractivity contribution is 0.193. The Bertz CT molecular complexity index is 204. The second kappa shape index (κ2) is 5.08. The van der Waals surface area contributed by atoms with Gasteiger partial charge in [-0.05, 0) is 57.3 Å². The SMILES string of the molecule is CC1CCC(NC(C)(C)CC(C)(C)C)CC1. The molecular formula is C15H31N. The maximum atomic E-state index is 3.87. The molecule has 0 heterocycles. The fourth-order valence-electron chi connectivity index (χ4n) is 3.33. The highest BCUT2D eigenvalue weighted by molar-refractivity contribution is 4.88. The summed E-state index contributed by atoms with van der Waals surface area (Å²) in [5.74, 6) is 0.948. The summed E-state index contributed by atoms with van der Waals surface area (Å²) in [6.45, 7) is 14.1. The monoisotopic (exact) mass is 225 g/mol. The van der Waals surface area contributed by atoms with Crippen molar-refractivity contribution in [1.82, 2.24) is 5.32 Å². The van der Waals surface area contributed by atoms with Gasteiger partial charge in [-0.2, -0.15) is 0 Å². The number of hydrogen-bond donors (Lipinski definition) is 1. The van der Waals surface area contributed by atoms with Gasteiger partial charge in [0, 0.05) is 11.6 Å². The second-order valence-electron chi connectivity index (χ2n) is 7.72. The lowest BCUT2D eigenvalue weighted by atomic mass is 9.80. The van der Waals surface area contributed by atoms with Crippen LogP contribution in [0.15, 0.2) is 0 Å². The number of hydrogen-bond acceptors (Lipinski definition) is 1. The van der Waals surface area contributed by atoms with Crippen molar-refractivity contribution in [2.75, 3.05) is 0 Å². The van der Waals surface area contributed by atoms with Crippen molar-refractivity contribution in [3.05, 3.63) is 0 Å². The second-order valence-corrected chi connectivity index (χ2v) is 7.72. The van der Waals surface area contributed by atoms with Crippen LogP contribution in [-0.2, 0) is 0 Å². The van der Waals surface area contributed by atoms with Crippen LogP contribution in [0, 0.1) is 11.3 Å². The van der Waals surface area contributed by atoms with Gasteiger partial charge in [-0.25, -0.2) is 0 Å². The Labute approximate surface area is 102 Å². The highest BCUT2D eigenvalue weighted by atomic mass is 15.0. The van der Waals surface area contributed by atoms with Gasteiger partial charge < -0.3 is 5.32 Å². The van der Waals surface area contributed by atoms with Gasteiger partial charge in [0.2, 0.25) is 0 Å². The van der Waals surface area contributed by atoms with Gasteiger partial charge in [0.05, 0.1) is 0 Å². The Morgan fingerprint density at radius 2 is 1.44 bits per heavy atom. The average molecular weight is 225 g/mol. The molecule has 0 bridgehead atoms. The molecule has 0 radical (unpaired) electrons. The summed E-state index contributed by atoms with van der Waals surface area (Å²) in [6, 6.07) is 0.758. The van der Waals surface area contributed by atoms with E-state index in [1.54, 1.807) is 0 Å². The van der Waals surface area contributed by atoms with E-state index in [9.17, 15) is 0 Å². The molecule has 1 heteroatoms. The molecule has 0 spiro atoms. The summed E-state index contributed by atoms with van der Waals surface area (Å²) in [5.41, 5.74) is 0.696. The maximum Gasteiger partial charge on any atom is 0.0132 e. The van der Waals surface area contributed by atoms with Gasteiger partial charge in [-0.3, -0.25) is 0 Å². The van der Waals surface area contributed by atoms with Crippen LogP contribution in [0.3, 0.4) is 0 Å². The van der Waals surface area contributed by atoms with E-state index in [0.29, 0.717) is 5.41 Å².